The molecule has 1 aliphatic carbocycles. The number of aryl methyl sites for hydroxylation is 2. The first-order valence-corrected chi connectivity index (χ1v) is 10.1. The molecular formula is C25H40. The molecule has 0 atom stereocenters. The molecule has 0 amide bonds. The molecule has 1 aromatic rings. The van der Waals surface area contributed by atoms with Gasteiger partial charge in [-0.25, -0.2) is 0 Å². The van der Waals surface area contributed by atoms with Gasteiger partial charge in [0.25, 0.3) is 0 Å². The summed E-state index contributed by atoms with van der Waals surface area (Å²) in [6.45, 7) is 20.0. The molecule has 2 rings (SSSR count). The molecule has 0 saturated heterocycles. The molecule has 0 N–H and O–H groups in total. The SMILES string of the molecule is C=C=C(C)c1cc(C)c(C=C)c(C)c1.CC.CCC1CCCCCC1. The van der Waals surface area contributed by atoms with Gasteiger partial charge in [-0.05, 0) is 54.5 Å². The van der Waals surface area contributed by atoms with Crippen LogP contribution in [0.3, 0.4) is 0 Å². The van der Waals surface area contributed by atoms with Crippen LogP contribution in [0.1, 0.15) is 94.9 Å². The van der Waals surface area contributed by atoms with E-state index in [0.29, 0.717) is 0 Å². The lowest BCUT2D eigenvalue weighted by Crippen LogP contribution is -1.94. The van der Waals surface area contributed by atoms with E-state index in [2.05, 4.69) is 51.8 Å². The zero-order valence-electron chi connectivity index (χ0n) is 17.7. The van der Waals surface area contributed by atoms with Crippen molar-refractivity contribution in [3.8, 4) is 0 Å². The Labute approximate surface area is 157 Å². The van der Waals surface area contributed by atoms with Gasteiger partial charge in [0.2, 0.25) is 0 Å². The van der Waals surface area contributed by atoms with Crippen LogP contribution in [0.5, 0.6) is 0 Å². The summed E-state index contributed by atoms with van der Waals surface area (Å²) in [5, 5.41) is 0. The number of benzene rings is 1. The second kappa shape index (κ2) is 13.7. The van der Waals surface area contributed by atoms with Crippen LogP contribution in [0.15, 0.2) is 31.0 Å². The van der Waals surface area contributed by atoms with Crippen molar-refractivity contribution in [3.05, 3.63) is 53.3 Å². The van der Waals surface area contributed by atoms with Crippen LogP contribution in [-0.4, -0.2) is 0 Å². The molecule has 0 aliphatic heterocycles. The molecule has 0 spiro atoms. The van der Waals surface area contributed by atoms with Crippen molar-refractivity contribution < 1.29 is 0 Å². The predicted octanol–water partition coefficient (Wildman–Crippen LogP) is 8.53. The monoisotopic (exact) mass is 340 g/mol. The smallest absolute Gasteiger partial charge is 0.00250 e. The Kier molecular flexibility index (Phi) is 12.9. The maximum Gasteiger partial charge on any atom is -0.00250 e. The van der Waals surface area contributed by atoms with Gasteiger partial charge < -0.3 is 0 Å². The van der Waals surface area contributed by atoms with Crippen molar-refractivity contribution in [1.82, 2.24) is 0 Å². The minimum atomic E-state index is 1.08. The van der Waals surface area contributed by atoms with Crippen LogP contribution in [0, 0.1) is 19.8 Å². The average molecular weight is 341 g/mol. The highest BCUT2D eigenvalue weighted by Gasteiger charge is 2.08. The van der Waals surface area contributed by atoms with Gasteiger partial charge in [0.15, 0.2) is 0 Å². The van der Waals surface area contributed by atoms with E-state index in [1.807, 2.05) is 26.8 Å². The Morgan fingerprint density at radius 1 is 1.08 bits per heavy atom. The third-order valence-corrected chi connectivity index (χ3v) is 5.05. The molecule has 0 unspecified atom stereocenters. The fourth-order valence-electron chi connectivity index (χ4n) is 3.39. The lowest BCUT2D eigenvalue weighted by atomic mass is 9.96. The minimum absolute atomic E-state index is 1.08. The Morgan fingerprint density at radius 2 is 1.56 bits per heavy atom. The van der Waals surface area contributed by atoms with Crippen molar-refractivity contribution in [2.24, 2.45) is 5.92 Å². The lowest BCUT2D eigenvalue weighted by molar-refractivity contribution is 0.446. The summed E-state index contributed by atoms with van der Waals surface area (Å²) < 4.78 is 0. The quantitative estimate of drug-likeness (QED) is 0.382. The maximum absolute atomic E-state index is 3.81. The van der Waals surface area contributed by atoms with E-state index in [9.17, 15) is 0 Å². The standard InChI is InChI=1S/C14H16.C9H18.C2H6/c1-6-10(3)13-8-11(4)14(7-2)12(5)9-13;1-2-9-7-5-3-4-6-8-9;1-2/h7-9H,1-2H2,3-5H3;9H,2-8H2,1H3;1-2H3. The van der Waals surface area contributed by atoms with E-state index in [0.717, 1.165) is 11.5 Å². The molecule has 1 fully saturated rings. The second-order valence-corrected chi connectivity index (χ2v) is 6.80. The maximum atomic E-state index is 3.81. The van der Waals surface area contributed by atoms with Crippen LogP contribution >= 0.6 is 0 Å². The zero-order valence-corrected chi connectivity index (χ0v) is 17.7. The number of rotatable bonds is 3. The topological polar surface area (TPSA) is 0 Å². The van der Waals surface area contributed by atoms with Gasteiger partial charge in [-0.2, -0.15) is 0 Å². The second-order valence-electron chi connectivity index (χ2n) is 6.80. The van der Waals surface area contributed by atoms with Crippen LogP contribution in [-0.2, 0) is 0 Å². The van der Waals surface area contributed by atoms with E-state index in [4.69, 9.17) is 0 Å². The third kappa shape index (κ3) is 8.41. The van der Waals surface area contributed by atoms with Crippen LogP contribution in [0.2, 0.25) is 0 Å². The largest absolute Gasteiger partial charge is 0.125 e. The third-order valence-electron chi connectivity index (χ3n) is 5.05. The summed E-state index contributed by atoms with van der Waals surface area (Å²) in [6.07, 6.45) is 12.3. The molecule has 1 aromatic carbocycles. The first-order chi connectivity index (χ1) is 12.0. The molecule has 1 aliphatic rings. The van der Waals surface area contributed by atoms with Crippen molar-refractivity contribution in [3.63, 3.8) is 0 Å². The van der Waals surface area contributed by atoms with Crippen molar-refractivity contribution in [2.75, 3.05) is 0 Å². The molecule has 1 saturated carbocycles. The van der Waals surface area contributed by atoms with Gasteiger partial charge in [0, 0.05) is 0 Å². The minimum Gasteiger partial charge on any atom is -0.125 e. The highest BCUT2D eigenvalue weighted by atomic mass is 14.1. The highest BCUT2D eigenvalue weighted by Crippen LogP contribution is 2.24. The van der Waals surface area contributed by atoms with Gasteiger partial charge >= 0.3 is 0 Å². The van der Waals surface area contributed by atoms with E-state index in [-0.39, 0.29) is 0 Å². The molecule has 0 radical (unpaired) electrons. The summed E-state index contributed by atoms with van der Waals surface area (Å²) >= 11 is 0. The Morgan fingerprint density at radius 3 is 1.92 bits per heavy atom. The fourth-order valence-corrected chi connectivity index (χ4v) is 3.39. The summed E-state index contributed by atoms with van der Waals surface area (Å²) in [6, 6.07) is 4.30. The van der Waals surface area contributed by atoms with Crippen molar-refractivity contribution in [2.45, 2.75) is 86.5 Å². The lowest BCUT2D eigenvalue weighted by Gasteiger charge is -2.08. The zero-order chi connectivity index (χ0) is 19.2. The molecule has 0 aromatic heterocycles. The van der Waals surface area contributed by atoms with Crippen LogP contribution in [0.25, 0.3) is 11.6 Å². The summed E-state index contributed by atoms with van der Waals surface area (Å²) in [7, 11) is 0. The molecule has 0 nitrogen and oxygen atoms in total. The van der Waals surface area contributed by atoms with Crippen molar-refractivity contribution >= 4 is 11.6 Å². The normalized spacial score (nSPS) is 14.0. The number of allylic oxidation sites excluding steroid dienone is 1. The van der Waals surface area contributed by atoms with Crippen LogP contribution < -0.4 is 0 Å². The molecular weight excluding hydrogens is 300 g/mol. The first kappa shape index (κ1) is 23.5. The van der Waals surface area contributed by atoms with Gasteiger partial charge in [-0.3, -0.25) is 0 Å². The van der Waals surface area contributed by atoms with Gasteiger partial charge in [-0.15, -0.1) is 5.73 Å². The van der Waals surface area contributed by atoms with Crippen molar-refractivity contribution in [1.29, 1.82) is 0 Å². The highest BCUT2D eigenvalue weighted by molar-refractivity contribution is 5.68. The van der Waals surface area contributed by atoms with Crippen LogP contribution in [0.4, 0.5) is 0 Å². The first-order valence-electron chi connectivity index (χ1n) is 10.1. The summed E-state index contributed by atoms with van der Waals surface area (Å²) in [5.41, 5.74) is 8.93. The van der Waals surface area contributed by atoms with E-state index >= 15 is 0 Å². The summed E-state index contributed by atoms with van der Waals surface area (Å²) in [4.78, 5) is 0. The van der Waals surface area contributed by atoms with Gasteiger partial charge in [-0.1, -0.05) is 97.1 Å². The van der Waals surface area contributed by atoms with E-state index in [1.54, 1.807) is 0 Å². The Hall–Kier alpha value is -1.52. The van der Waals surface area contributed by atoms with Gasteiger partial charge in [0.1, 0.15) is 0 Å². The Bertz CT molecular complexity index is 524. The summed E-state index contributed by atoms with van der Waals surface area (Å²) in [5.74, 6) is 1.08. The molecule has 0 bridgehead atoms. The Balaban J connectivity index is 0.000000451. The average Bonchev–Trinajstić information content (AvgIpc) is 2.91. The molecule has 25 heavy (non-hydrogen) atoms. The molecule has 0 heteroatoms. The molecule has 140 valence electrons. The van der Waals surface area contributed by atoms with E-state index < -0.39 is 0 Å². The number of hydrogen-bond acceptors (Lipinski definition) is 0. The predicted molar refractivity (Wildman–Crippen MR) is 117 cm³/mol. The number of hydrogen-bond donors (Lipinski definition) is 0. The molecule has 0 heterocycles. The fraction of sp³-hybridized carbons (Fsp3) is 0.560. The van der Waals surface area contributed by atoms with Gasteiger partial charge in [0.05, 0.1) is 0 Å². The van der Waals surface area contributed by atoms with E-state index in [1.165, 1.54) is 67.2 Å².